The van der Waals surface area contributed by atoms with Crippen LogP contribution in [-0.2, 0) is 16.1 Å². The summed E-state index contributed by atoms with van der Waals surface area (Å²) >= 11 is 6.11. The average Bonchev–Trinajstić information content (AvgIpc) is 2.88. The number of halogens is 1. The molecule has 0 saturated carbocycles. The van der Waals surface area contributed by atoms with Crippen molar-refractivity contribution < 1.29 is 14.3 Å². The van der Waals surface area contributed by atoms with Crippen LogP contribution in [0, 0.1) is 0 Å². The van der Waals surface area contributed by atoms with Crippen molar-refractivity contribution in [3.63, 3.8) is 0 Å². The van der Waals surface area contributed by atoms with Crippen molar-refractivity contribution in [2.75, 3.05) is 12.0 Å². The quantitative estimate of drug-likeness (QED) is 0.847. The molecule has 0 spiro atoms. The maximum atomic E-state index is 12.6. The van der Waals surface area contributed by atoms with Gasteiger partial charge < -0.3 is 10.1 Å². The molecule has 1 aliphatic rings. The maximum absolute atomic E-state index is 12.6. The molecule has 1 fully saturated rings. The summed E-state index contributed by atoms with van der Waals surface area (Å²) in [6.45, 7) is 0.430. The van der Waals surface area contributed by atoms with Gasteiger partial charge in [0.05, 0.1) is 25.3 Å². The third-order valence-corrected chi connectivity index (χ3v) is 4.34. The van der Waals surface area contributed by atoms with Crippen molar-refractivity contribution in [3.8, 4) is 5.75 Å². The van der Waals surface area contributed by atoms with Gasteiger partial charge >= 0.3 is 0 Å². The summed E-state index contributed by atoms with van der Waals surface area (Å²) in [6.07, 6.45) is 0.134. The van der Waals surface area contributed by atoms with Gasteiger partial charge in [-0.2, -0.15) is 0 Å². The summed E-state index contributed by atoms with van der Waals surface area (Å²) in [4.78, 5) is 26.0. The highest BCUT2D eigenvalue weighted by Gasteiger charge is 2.39. The van der Waals surface area contributed by atoms with E-state index in [0.29, 0.717) is 23.0 Å². The molecule has 1 atom stereocenters. The molecule has 2 aromatic rings. The van der Waals surface area contributed by atoms with Crippen LogP contribution in [0.15, 0.2) is 48.5 Å². The number of benzene rings is 2. The number of ether oxygens (including phenoxy) is 1. The molecule has 1 saturated heterocycles. The van der Waals surface area contributed by atoms with Gasteiger partial charge in [-0.1, -0.05) is 29.8 Å². The molecule has 0 aromatic heterocycles. The predicted molar refractivity (Wildman–Crippen MR) is 92.2 cm³/mol. The molecule has 0 aliphatic carbocycles. The van der Waals surface area contributed by atoms with E-state index in [0.717, 1.165) is 5.56 Å². The first kappa shape index (κ1) is 16.5. The SMILES string of the molecule is COc1ccc(N2C(=O)C[C@H](NCc3ccccc3Cl)C2=O)cc1. The lowest BCUT2D eigenvalue weighted by Gasteiger charge is -2.16. The van der Waals surface area contributed by atoms with Gasteiger partial charge in [0.2, 0.25) is 5.91 Å². The fourth-order valence-corrected chi connectivity index (χ4v) is 2.87. The number of hydrogen-bond acceptors (Lipinski definition) is 4. The van der Waals surface area contributed by atoms with E-state index in [4.69, 9.17) is 16.3 Å². The molecule has 1 aliphatic heterocycles. The molecule has 6 heteroatoms. The molecule has 2 amide bonds. The van der Waals surface area contributed by atoms with Crippen molar-refractivity contribution in [3.05, 3.63) is 59.1 Å². The van der Waals surface area contributed by atoms with Crippen LogP contribution in [0.1, 0.15) is 12.0 Å². The van der Waals surface area contributed by atoms with Crippen molar-refractivity contribution in [1.29, 1.82) is 0 Å². The van der Waals surface area contributed by atoms with E-state index in [1.54, 1.807) is 37.4 Å². The Morgan fingerprint density at radius 3 is 2.54 bits per heavy atom. The van der Waals surface area contributed by atoms with Crippen LogP contribution in [0.4, 0.5) is 5.69 Å². The van der Waals surface area contributed by atoms with Gasteiger partial charge in [-0.3, -0.25) is 9.59 Å². The standard InChI is InChI=1S/C18H17ClN2O3/c1-24-14-8-6-13(7-9-14)21-17(22)10-16(18(21)23)20-11-12-4-2-3-5-15(12)19/h2-9,16,20H,10-11H2,1H3/t16-/m0/s1. The molecular formula is C18H17ClN2O3. The average molecular weight is 345 g/mol. The molecule has 1 heterocycles. The number of methoxy groups -OCH3 is 1. The number of rotatable bonds is 5. The van der Waals surface area contributed by atoms with Crippen LogP contribution in [0.5, 0.6) is 5.75 Å². The van der Waals surface area contributed by atoms with Gasteiger partial charge in [-0.25, -0.2) is 4.90 Å². The van der Waals surface area contributed by atoms with Crippen LogP contribution in [0.2, 0.25) is 5.02 Å². The lowest BCUT2D eigenvalue weighted by atomic mass is 10.2. The van der Waals surface area contributed by atoms with E-state index in [1.807, 2.05) is 18.2 Å². The summed E-state index contributed by atoms with van der Waals surface area (Å²) in [7, 11) is 1.57. The topological polar surface area (TPSA) is 58.6 Å². The zero-order valence-electron chi connectivity index (χ0n) is 13.2. The zero-order chi connectivity index (χ0) is 17.1. The van der Waals surface area contributed by atoms with Gasteiger partial charge in [-0.05, 0) is 35.9 Å². The second-order valence-electron chi connectivity index (χ2n) is 5.49. The van der Waals surface area contributed by atoms with Gasteiger partial charge in [0.1, 0.15) is 5.75 Å². The molecule has 0 unspecified atom stereocenters. The van der Waals surface area contributed by atoms with Crippen LogP contribution in [-0.4, -0.2) is 25.0 Å². The summed E-state index contributed by atoms with van der Waals surface area (Å²) in [5.41, 5.74) is 1.44. The Kier molecular flexibility index (Phi) is 4.83. The third-order valence-electron chi connectivity index (χ3n) is 3.97. The van der Waals surface area contributed by atoms with Gasteiger partial charge in [0.25, 0.3) is 5.91 Å². The van der Waals surface area contributed by atoms with E-state index in [2.05, 4.69) is 5.32 Å². The molecule has 1 N–H and O–H groups in total. The van der Waals surface area contributed by atoms with Crippen molar-refractivity contribution in [2.24, 2.45) is 0 Å². The molecule has 24 heavy (non-hydrogen) atoms. The monoisotopic (exact) mass is 344 g/mol. The van der Waals surface area contributed by atoms with E-state index < -0.39 is 6.04 Å². The number of amides is 2. The van der Waals surface area contributed by atoms with Gasteiger partial charge in [0.15, 0.2) is 0 Å². The highest BCUT2D eigenvalue weighted by atomic mass is 35.5. The Bertz CT molecular complexity index is 761. The molecular weight excluding hydrogens is 328 g/mol. The maximum Gasteiger partial charge on any atom is 0.251 e. The van der Waals surface area contributed by atoms with Crippen molar-refractivity contribution >= 4 is 29.1 Å². The number of nitrogens with one attached hydrogen (secondary N) is 1. The minimum absolute atomic E-state index is 0.134. The molecule has 0 bridgehead atoms. The van der Waals surface area contributed by atoms with Crippen LogP contribution in [0.25, 0.3) is 0 Å². The summed E-state index contributed by atoms with van der Waals surface area (Å²) in [5.74, 6) is 0.199. The van der Waals surface area contributed by atoms with E-state index >= 15 is 0 Å². The lowest BCUT2D eigenvalue weighted by molar-refractivity contribution is -0.121. The second-order valence-corrected chi connectivity index (χ2v) is 5.90. The first-order valence-corrected chi connectivity index (χ1v) is 7.95. The zero-order valence-corrected chi connectivity index (χ0v) is 13.9. The fourth-order valence-electron chi connectivity index (χ4n) is 2.67. The number of carbonyl (C=O) groups excluding carboxylic acids is 2. The third kappa shape index (κ3) is 3.27. The highest BCUT2D eigenvalue weighted by molar-refractivity contribution is 6.31. The number of carbonyl (C=O) groups is 2. The van der Waals surface area contributed by atoms with Crippen LogP contribution in [0.3, 0.4) is 0 Å². The normalized spacial score (nSPS) is 17.4. The number of hydrogen-bond donors (Lipinski definition) is 1. The fraction of sp³-hybridized carbons (Fsp3) is 0.222. The summed E-state index contributed by atoms with van der Waals surface area (Å²) in [6, 6.07) is 13.7. The molecule has 5 nitrogen and oxygen atoms in total. The molecule has 124 valence electrons. The van der Waals surface area contributed by atoms with Crippen LogP contribution >= 0.6 is 11.6 Å². The minimum Gasteiger partial charge on any atom is -0.497 e. The number of anilines is 1. The Morgan fingerprint density at radius 2 is 1.88 bits per heavy atom. The highest BCUT2D eigenvalue weighted by Crippen LogP contribution is 2.25. The first-order chi connectivity index (χ1) is 11.6. The van der Waals surface area contributed by atoms with E-state index in [1.165, 1.54) is 4.90 Å². The Morgan fingerprint density at radius 1 is 1.17 bits per heavy atom. The van der Waals surface area contributed by atoms with Crippen molar-refractivity contribution in [2.45, 2.75) is 19.0 Å². The van der Waals surface area contributed by atoms with E-state index in [9.17, 15) is 9.59 Å². The minimum atomic E-state index is -0.545. The predicted octanol–water partition coefficient (Wildman–Crippen LogP) is 2.77. The molecule has 3 rings (SSSR count). The van der Waals surface area contributed by atoms with E-state index in [-0.39, 0.29) is 18.2 Å². The largest absolute Gasteiger partial charge is 0.497 e. The van der Waals surface area contributed by atoms with Crippen molar-refractivity contribution in [1.82, 2.24) is 5.32 Å². The Balaban J connectivity index is 1.70. The Hall–Kier alpha value is -2.37. The summed E-state index contributed by atoms with van der Waals surface area (Å²) < 4.78 is 5.09. The molecule has 0 radical (unpaired) electrons. The second kappa shape index (κ2) is 7.03. The lowest BCUT2D eigenvalue weighted by Crippen LogP contribution is -2.38. The van der Waals surface area contributed by atoms with Gasteiger partial charge in [0, 0.05) is 11.6 Å². The van der Waals surface area contributed by atoms with Crippen LogP contribution < -0.4 is 15.0 Å². The first-order valence-electron chi connectivity index (χ1n) is 7.58. The number of imide groups is 1. The van der Waals surface area contributed by atoms with Gasteiger partial charge in [-0.15, -0.1) is 0 Å². The number of nitrogens with zero attached hydrogens (tertiary/aromatic N) is 1. The molecule has 2 aromatic carbocycles. The summed E-state index contributed by atoms with van der Waals surface area (Å²) in [5, 5.41) is 3.75. The smallest absolute Gasteiger partial charge is 0.251 e. The Labute approximate surface area is 145 Å².